The van der Waals surface area contributed by atoms with Gasteiger partial charge >= 0.3 is 146 Å². The zero-order valence-electron chi connectivity index (χ0n) is 12.7. The van der Waals surface area contributed by atoms with Crippen molar-refractivity contribution in [1.29, 1.82) is 0 Å². The molecule has 0 N–H and O–H groups in total. The van der Waals surface area contributed by atoms with Crippen molar-refractivity contribution in [3.8, 4) is 5.75 Å². The summed E-state index contributed by atoms with van der Waals surface area (Å²) in [6.07, 6.45) is 0. The van der Waals surface area contributed by atoms with Gasteiger partial charge in [0, 0.05) is 0 Å². The summed E-state index contributed by atoms with van der Waals surface area (Å²) in [6.45, 7) is 0. The first-order chi connectivity index (χ1) is 11.1. The molecule has 3 aromatic carbocycles. The average molecular weight is 541 g/mol. The Kier molecular flexibility index (Phi) is 4.69. The van der Waals surface area contributed by atoms with Gasteiger partial charge in [0.1, 0.15) is 0 Å². The van der Waals surface area contributed by atoms with E-state index in [1.165, 1.54) is 0 Å². The molecule has 3 aromatic rings. The number of rotatable bonds is 4. The fourth-order valence-corrected chi connectivity index (χ4v) is 21.4. The van der Waals surface area contributed by atoms with Crippen molar-refractivity contribution in [3.63, 3.8) is 0 Å². The number of hydrogen-bond acceptors (Lipinski definition) is 1. The van der Waals surface area contributed by atoms with Crippen LogP contribution in [0.1, 0.15) is 0 Å². The van der Waals surface area contributed by atoms with Gasteiger partial charge < -0.3 is 0 Å². The molecule has 0 atom stereocenters. The van der Waals surface area contributed by atoms with E-state index in [1.54, 1.807) is 7.11 Å². The van der Waals surface area contributed by atoms with E-state index >= 15 is 0 Å². The summed E-state index contributed by atoms with van der Waals surface area (Å²) in [6, 6.07) is 27.7. The normalized spacial score (nSPS) is 13.1. The third kappa shape index (κ3) is 2.78. The van der Waals surface area contributed by atoms with Crippen LogP contribution in [0.15, 0.2) is 84.9 Å². The van der Waals surface area contributed by atoms with E-state index in [1.807, 2.05) is 84.9 Å². The van der Waals surface area contributed by atoms with Crippen LogP contribution >= 0.6 is 17.0 Å². The molecular formula is C19H17BiCl2O. The van der Waals surface area contributed by atoms with Crippen LogP contribution in [0.3, 0.4) is 0 Å². The molecule has 0 amide bonds. The van der Waals surface area contributed by atoms with Crippen molar-refractivity contribution in [3.05, 3.63) is 84.9 Å². The van der Waals surface area contributed by atoms with Crippen LogP contribution < -0.4 is 14.6 Å². The summed E-state index contributed by atoms with van der Waals surface area (Å²) < 4.78 is 8.46. The van der Waals surface area contributed by atoms with Crippen molar-refractivity contribution in [1.82, 2.24) is 0 Å². The van der Waals surface area contributed by atoms with Gasteiger partial charge in [-0.25, -0.2) is 0 Å². The van der Waals surface area contributed by atoms with Crippen LogP contribution in [0, 0.1) is 0 Å². The van der Waals surface area contributed by atoms with Gasteiger partial charge in [0.25, 0.3) is 0 Å². The molecule has 1 nitrogen and oxygen atoms in total. The number of methoxy groups -OCH3 is 1. The SMILES string of the molecule is COc1cccc[c]1[Bi]([Cl])([Cl])([c]1ccccc1)[c]1ccccc1. The summed E-state index contributed by atoms with van der Waals surface area (Å²) >= 11 is -4.80. The summed E-state index contributed by atoms with van der Waals surface area (Å²) in [7, 11) is 16.6. The van der Waals surface area contributed by atoms with Gasteiger partial charge in [-0.1, -0.05) is 0 Å². The Morgan fingerprint density at radius 1 is 0.652 bits per heavy atom. The molecule has 0 saturated heterocycles. The Bertz CT molecular complexity index is 760. The number of benzene rings is 3. The Labute approximate surface area is 145 Å². The zero-order valence-corrected chi connectivity index (χ0v) is 17.7. The van der Waals surface area contributed by atoms with Gasteiger partial charge in [0.2, 0.25) is 0 Å². The van der Waals surface area contributed by atoms with Gasteiger partial charge in [-0.05, 0) is 0 Å². The van der Waals surface area contributed by atoms with Crippen molar-refractivity contribution < 1.29 is 4.74 Å². The van der Waals surface area contributed by atoms with E-state index < -0.39 is 16.4 Å². The topological polar surface area (TPSA) is 9.23 Å². The number of halogens is 2. The van der Waals surface area contributed by atoms with Crippen molar-refractivity contribution in [2.75, 3.05) is 7.11 Å². The molecule has 0 aliphatic rings. The molecule has 0 aromatic heterocycles. The van der Waals surface area contributed by atoms with Crippen LogP contribution in [0.4, 0.5) is 0 Å². The fourth-order valence-electron chi connectivity index (χ4n) is 2.76. The number of para-hydroxylation sites is 1. The molecule has 0 spiro atoms. The summed E-state index contributed by atoms with van der Waals surface area (Å²) in [5.74, 6) is 0.734. The fraction of sp³-hybridized carbons (Fsp3) is 0.0526. The first-order valence-electron chi connectivity index (χ1n) is 7.27. The Morgan fingerprint density at radius 3 is 1.57 bits per heavy atom. The molecule has 0 unspecified atom stereocenters. The van der Waals surface area contributed by atoms with Crippen molar-refractivity contribution in [2.24, 2.45) is 0 Å². The summed E-state index contributed by atoms with van der Waals surface area (Å²) in [5, 5.41) is 0. The van der Waals surface area contributed by atoms with E-state index in [2.05, 4.69) is 0 Å². The number of hydrogen-bond donors (Lipinski definition) is 0. The molecule has 0 heterocycles. The van der Waals surface area contributed by atoms with Crippen LogP contribution in [0.5, 0.6) is 5.75 Å². The molecular weight excluding hydrogens is 524 g/mol. The number of ether oxygens (including phenoxy) is 1. The minimum atomic E-state index is -4.80. The first kappa shape index (κ1) is 16.8. The molecule has 118 valence electrons. The van der Waals surface area contributed by atoms with Gasteiger partial charge in [-0.3, -0.25) is 0 Å². The van der Waals surface area contributed by atoms with E-state index in [0.717, 1.165) is 15.6 Å². The van der Waals surface area contributed by atoms with Crippen LogP contribution in [0.2, 0.25) is 0 Å². The third-order valence-electron chi connectivity index (χ3n) is 3.93. The molecule has 0 saturated carbocycles. The van der Waals surface area contributed by atoms with Crippen LogP contribution in [0.25, 0.3) is 0 Å². The average Bonchev–Trinajstić information content (AvgIpc) is 2.63. The van der Waals surface area contributed by atoms with E-state index in [0.29, 0.717) is 0 Å². The third-order valence-corrected chi connectivity index (χ3v) is 28.1. The minimum absolute atomic E-state index is 0.734. The molecule has 4 heteroatoms. The molecule has 0 aliphatic heterocycles. The predicted molar refractivity (Wildman–Crippen MR) is 102 cm³/mol. The van der Waals surface area contributed by atoms with Gasteiger partial charge in [0.15, 0.2) is 0 Å². The molecule has 3 rings (SSSR count). The summed E-state index contributed by atoms with van der Waals surface area (Å²) in [5.41, 5.74) is 0. The molecule has 0 aliphatic carbocycles. The second kappa shape index (κ2) is 6.44. The van der Waals surface area contributed by atoms with Crippen LogP contribution in [-0.2, 0) is 0 Å². The summed E-state index contributed by atoms with van der Waals surface area (Å²) in [4.78, 5) is 0. The quantitative estimate of drug-likeness (QED) is 0.460. The van der Waals surface area contributed by atoms with Crippen molar-refractivity contribution >= 4 is 43.2 Å². The second-order valence-corrected chi connectivity index (χ2v) is 31.6. The maximum absolute atomic E-state index is 7.45. The second-order valence-electron chi connectivity index (χ2n) is 5.25. The van der Waals surface area contributed by atoms with Crippen LogP contribution in [-0.4, -0.2) is 23.5 Å². The van der Waals surface area contributed by atoms with Gasteiger partial charge in [-0.2, -0.15) is 0 Å². The zero-order chi connectivity index (χ0) is 16.4. The van der Waals surface area contributed by atoms with E-state index in [-0.39, 0.29) is 0 Å². The molecule has 0 radical (unpaired) electrons. The van der Waals surface area contributed by atoms with E-state index in [4.69, 9.17) is 21.8 Å². The monoisotopic (exact) mass is 540 g/mol. The Morgan fingerprint density at radius 2 is 1.09 bits per heavy atom. The molecule has 23 heavy (non-hydrogen) atoms. The Hall–Kier alpha value is -1.08. The van der Waals surface area contributed by atoms with E-state index in [9.17, 15) is 0 Å². The van der Waals surface area contributed by atoms with Gasteiger partial charge in [-0.15, -0.1) is 0 Å². The predicted octanol–water partition coefficient (Wildman–Crippen LogP) is 3.59. The first-order valence-corrected chi connectivity index (χ1v) is 21.0. The standard InChI is InChI=1S/C7H7O.2C6H5.Bi.2ClH/c1-8-7-5-3-2-4-6-7;2*1-2-4-6-5-3-1;;;/h2-5H,1H3;2*1-5H;;2*1H/q;;;+2;;/p-2. The van der Waals surface area contributed by atoms with Crippen molar-refractivity contribution in [2.45, 2.75) is 0 Å². The van der Waals surface area contributed by atoms with Gasteiger partial charge in [0.05, 0.1) is 0 Å². The molecule has 0 fully saturated rings. The molecule has 0 bridgehead atoms. The maximum atomic E-state index is 7.45. The Balaban J connectivity index is 2.41.